The van der Waals surface area contributed by atoms with Crippen LogP contribution in [0.1, 0.15) is 31.9 Å². The summed E-state index contributed by atoms with van der Waals surface area (Å²) in [6.45, 7) is 4.58. The molecule has 0 aromatic heterocycles. The molecule has 2 heteroatoms. The lowest BCUT2D eigenvalue weighted by Gasteiger charge is -2.13. The first-order valence-electron chi connectivity index (χ1n) is 4.61. The van der Waals surface area contributed by atoms with E-state index in [1.807, 2.05) is 19.9 Å². The van der Waals surface area contributed by atoms with Crippen LogP contribution in [0.15, 0.2) is 24.3 Å². The molecule has 0 aliphatic rings. The molecule has 72 valence electrons. The number of benzene rings is 1. The Morgan fingerprint density at radius 3 is 2.69 bits per heavy atom. The minimum atomic E-state index is -0.189. The fourth-order valence-electron chi connectivity index (χ4n) is 1.19. The Labute approximate surface area is 78.5 Å². The predicted octanol–water partition coefficient (Wildman–Crippen LogP) is 3.31. The normalized spacial score (nSPS) is 12.8. The highest BCUT2D eigenvalue weighted by atomic mass is 19.1. The summed E-state index contributed by atoms with van der Waals surface area (Å²) >= 11 is 0. The molecule has 1 atom stereocenters. The molecule has 13 heavy (non-hydrogen) atoms. The summed E-state index contributed by atoms with van der Waals surface area (Å²) in [5.41, 5.74) is 0.635. The van der Waals surface area contributed by atoms with Crippen LogP contribution in [-0.4, -0.2) is 6.61 Å². The highest BCUT2D eigenvalue weighted by molar-refractivity contribution is 5.19. The monoisotopic (exact) mass is 182 g/mol. The largest absolute Gasteiger partial charge is 0.374 e. The van der Waals surface area contributed by atoms with Crippen molar-refractivity contribution in [3.8, 4) is 0 Å². The van der Waals surface area contributed by atoms with Gasteiger partial charge in [0.15, 0.2) is 0 Å². The zero-order valence-corrected chi connectivity index (χ0v) is 8.09. The summed E-state index contributed by atoms with van der Waals surface area (Å²) < 4.78 is 18.6. The van der Waals surface area contributed by atoms with Crippen molar-refractivity contribution >= 4 is 0 Å². The minimum absolute atomic E-state index is 0.152. The van der Waals surface area contributed by atoms with Crippen molar-refractivity contribution in [3.63, 3.8) is 0 Å². The van der Waals surface area contributed by atoms with Gasteiger partial charge in [-0.3, -0.25) is 0 Å². The van der Waals surface area contributed by atoms with Gasteiger partial charge in [0.05, 0.1) is 6.10 Å². The van der Waals surface area contributed by atoms with Crippen molar-refractivity contribution in [1.82, 2.24) is 0 Å². The molecular formula is C11H15FO. The Morgan fingerprint density at radius 1 is 1.38 bits per heavy atom. The van der Waals surface area contributed by atoms with Gasteiger partial charge in [0, 0.05) is 12.2 Å². The highest BCUT2D eigenvalue weighted by Crippen LogP contribution is 2.19. The smallest absolute Gasteiger partial charge is 0.128 e. The zero-order valence-electron chi connectivity index (χ0n) is 8.09. The molecule has 0 aliphatic carbocycles. The third kappa shape index (κ3) is 2.81. The molecule has 0 saturated heterocycles. The molecular weight excluding hydrogens is 167 g/mol. The van der Waals surface area contributed by atoms with Crippen LogP contribution in [0.5, 0.6) is 0 Å². The molecule has 0 bridgehead atoms. The van der Waals surface area contributed by atoms with Gasteiger partial charge in [-0.15, -0.1) is 0 Å². The van der Waals surface area contributed by atoms with Gasteiger partial charge in [0.1, 0.15) is 5.82 Å². The van der Waals surface area contributed by atoms with Crippen LogP contribution < -0.4 is 0 Å². The first-order valence-corrected chi connectivity index (χ1v) is 4.61. The Morgan fingerprint density at radius 2 is 2.08 bits per heavy atom. The SMILES string of the molecule is CCCOC(C)c1ccccc1F. The maximum absolute atomic E-state index is 13.2. The Balaban J connectivity index is 2.65. The summed E-state index contributed by atoms with van der Waals surface area (Å²) in [7, 11) is 0. The van der Waals surface area contributed by atoms with Crippen molar-refractivity contribution in [3.05, 3.63) is 35.6 Å². The van der Waals surface area contributed by atoms with Crippen molar-refractivity contribution in [2.75, 3.05) is 6.61 Å². The van der Waals surface area contributed by atoms with Crippen LogP contribution in [0.2, 0.25) is 0 Å². The lowest BCUT2D eigenvalue weighted by Crippen LogP contribution is -2.02. The Bertz CT molecular complexity index is 260. The fourth-order valence-corrected chi connectivity index (χ4v) is 1.19. The Kier molecular flexibility index (Phi) is 3.90. The van der Waals surface area contributed by atoms with E-state index in [1.165, 1.54) is 6.07 Å². The van der Waals surface area contributed by atoms with E-state index in [1.54, 1.807) is 12.1 Å². The van der Waals surface area contributed by atoms with Gasteiger partial charge in [0.2, 0.25) is 0 Å². The zero-order chi connectivity index (χ0) is 9.68. The minimum Gasteiger partial charge on any atom is -0.374 e. The quantitative estimate of drug-likeness (QED) is 0.694. The van der Waals surface area contributed by atoms with Crippen molar-refractivity contribution in [2.45, 2.75) is 26.4 Å². The van der Waals surface area contributed by atoms with Crippen LogP contribution in [0.3, 0.4) is 0 Å². The molecule has 0 heterocycles. The van der Waals surface area contributed by atoms with Gasteiger partial charge in [-0.2, -0.15) is 0 Å². The predicted molar refractivity (Wildman–Crippen MR) is 51.1 cm³/mol. The fraction of sp³-hybridized carbons (Fsp3) is 0.455. The highest BCUT2D eigenvalue weighted by Gasteiger charge is 2.09. The summed E-state index contributed by atoms with van der Waals surface area (Å²) in [5, 5.41) is 0. The average molecular weight is 182 g/mol. The molecule has 0 amide bonds. The number of ether oxygens (including phenoxy) is 1. The van der Waals surface area contributed by atoms with E-state index in [4.69, 9.17) is 4.74 Å². The van der Waals surface area contributed by atoms with Crippen molar-refractivity contribution in [1.29, 1.82) is 0 Å². The Hall–Kier alpha value is -0.890. The molecule has 1 aromatic carbocycles. The van der Waals surface area contributed by atoms with Gasteiger partial charge >= 0.3 is 0 Å². The molecule has 1 nitrogen and oxygen atoms in total. The summed E-state index contributed by atoms with van der Waals surface area (Å²) in [6.07, 6.45) is 0.805. The van der Waals surface area contributed by atoms with Crippen LogP contribution in [0.25, 0.3) is 0 Å². The van der Waals surface area contributed by atoms with E-state index >= 15 is 0 Å². The second kappa shape index (κ2) is 4.97. The van der Waals surface area contributed by atoms with Crippen LogP contribution in [-0.2, 0) is 4.74 Å². The van der Waals surface area contributed by atoms with E-state index in [2.05, 4.69) is 0 Å². The standard InChI is InChI=1S/C11H15FO/c1-3-8-13-9(2)10-6-4-5-7-11(10)12/h4-7,9H,3,8H2,1-2H3. The number of hydrogen-bond donors (Lipinski definition) is 0. The summed E-state index contributed by atoms with van der Waals surface area (Å²) in [5.74, 6) is -0.189. The van der Waals surface area contributed by atoms with Gasteiger partial charge in [-0.25, -0.2) is 4.39 Å². The summed E-state index contributed by atoms with van der Waals surface area (Å²) in [6, 6.07) is 6.73. The van der Waals surface area contributed by atoms with E-state index < -0.39 is 0 Å². The lowest BCUT2D eigenvalue weighted by molar-refractivity contribution is 0.0638. The van der Waals surface area contributed by atoms with Crippen molar-refractivity contribution in [2.24, 2.45) is 0 Å². The number of halogens is 1. The van der Waals surface area contributed by atoms with E-state index in [-0.39, 0.29) is 11.9 Å². The van der Waals surface area contributed by atoms with Gasteiger partial charge in [-0.05, 0) is 19.4 Å². The summed E-state index contributed by atoms with van der Waals surface area (Å²) in [4.78, 5) is 0. The number of rotatable bonds is 4. The third-order valence-corrected chi connectivity index (χ3v) is 1.92. The molecule has 0 spiro atoms. The molecule has 0 fully saturated rings. The lowest BCUT2D eigenvalue weighted by atomic mass is 10.1. The molecule has 0 aliphatic heterocycles. The molecule has 0 N–H and O–H groups in total. The topological polar surface area (TPSA) is 9.23 Å². The van der Waals surface area contributed by atoms with Gasteiger partial charge in [-0.1, -0.05) is 25.1 Å². The molecule has 0 saturated carbocycles. The van der Waals surface area contributed by atoms with Crippen LogP contribution in [0, 0.1) is 5.82 Å². The molecule has 1 aromatic rings. The molecule has 1 rings (SSSR count). The maximum atomic E-state index is 13.2. The van der Waals surface area contributed by atoms with E-state index in [0.717, 1.165) is 6.42 Å². The average Bonchev–Trinajstić information content (AvgIpc) is 2.15. The van der Waals surface area contributed by atoms with Gasteiger partial charge < -0.3 is 4.74 Å². The molecule has 1 unspecified atom stereocenters. The first kappa shape index (κ1) is 10.2. The maximum Gasteiger partial charge on any atom is 0.128 e. The van der Waals surface area contributed by atoms with Crippen LogP contribution >= 0.6 is 0 Å². The van der Waals surface area contributed by atoms with E-state index in [9.17, 15) is 4.39 Å². The number of hydrogen-bond acceptors (Lipinski definition) is 1. The second-order valence-electron chi connectivity index (χ2n) is 3.03. The molecule has 0 radical (unpaired) electrons. The van der Waals surface area contributed by atoms with Gasteiger partial charge in [0.25, 0.3) is 0 Å². The van der Waals surface area contributed by atoms with E-state index in [0.29, 0.717) is 12.2 Å². The van der Waals surface area contributed by atoms with Crippen LogP contribution in [0.4, 0.5) is 4.39 Å². The third-order valence-electron chi connectivity index (χ3n) is 1.92. The first-order chi connectivity index (χ1) is 6.25. The van der Waals surface area contributed by atoms with Crippen molar-refractivity contribution < 1.29 is 9.13 Å². The second-order valence-corrected chi connectivity index (χ2v) is 3.03.